The summed E-state index contributed by atoms with van der Waals surface area (Å²) in [6, 6.07) is 1.97. The fourth-order valence-electron chi connectivity index (χ4n) is 1.01. The summed E-state index contributed by atoms with van der Waals surface area (Å²) in [4.78, 5) is 10.6. The molecule has 0 aliphatic heterocycles. The molecule has 0 unspecified atom stereocenters. The van der Waals surface area contributed by atoms with Gasteiger partial charge < -0.3 is 5.11 Å². The van der Waals surface area contributed by atoms with Crippen molar-refractivity contribution in [2.45, 2.75) is 19.9 Å². The van der Waals surface area contributed by atoms with Crippen LogP contribution >= 0.6 is 0 Å². The van der Waals surface area contributed by atoms with Crippen molar-refractivity contribution in [2.75, 3.05) is 0 Å². The van der Waals surface area contributed by atoms with E-state index in [1.165, 1.54) is 10.9 Å². The van der Waals surface area contributed by atoms with E-state index in [9.17, 15) is 4.79 Å². The van der Waals surface area contributed by atoms with Crippen molar-refractivity contribution in [3.63, 3.8) is 0 Å². The van der Waals surface area contributed by atoms with Gasteiger partial charge in [-0.05, 0) is 6.92 Å². The van der Waals surface area contributed by atoms with Gasteiger partial charge in [-0.15, -0.1) is 0 Å². The first-order valence-electron chi connectivity index (χ1n) is 3.79. The molecule has 1 aromatic rings. The Labute approximate surface area is 75.2 Å². The first-order valence-corrected chi connectivity index (χ1v) is 3.79. The van der Waals surface area contributed by atoms with Gasteiger partial charge in [0.1, 0.15) is 5.56 Å². The van der Waals surface area contributed by atoms with Crippen LogP contribution in [-0.4, -0.2) is 20.9 Å². The second kappa shape index (κ2) is 3.72. The Morgan fingerprint density at radius 3 is 3.00 bits per heavy atom. The number of rotatable bonds is 3. The number of carboxylic acid groups (broad SMARTS) is 1. The Morgan fingerprint density at radius 1 is 1.85 bits per heavy atom. The van der Waals surface area contributed by atoms with Crippen LogP contribution in [0.25, 0.3) is 0 Å². The lowest BCUT2D eigenvalue weighted by Gasteiger charge is -1.92. The Kier molecular flexibility index (Phi) is 2.65. The van der Waals surface area contributed by atoms with Crippen molar-refractivity contribution in [1.82, 2.24) is 9.78 Å². The highest BCUT2D eigenvalue weighted by Gasteiger charge is 2.10. The smallest absolute Gasteiger partial charge is 0.339 e. The van der Waals surface area contributed by atoms with Crippen LogP contribution in [0, 0.1) is 18.3 Å². The summed E-state index contributed by atoms with van der Waals surface area (Å²) in [5, 5.41) is 20.9. The van der Waals surface area contributed by atoms with Crippen molar-refractivity contribution >= 4 is 5.97 Å². The molecule has 1 aromatic heterocycles. The molecule has 0 spiro atoms. The highest BCUT2D eigenvalue weighted by atomic mass is 16.4. The number of hydrogen-bond donors (Lipinski definition) is 1. The molecule has 5 nitrogen and oxygen atoms in total. The van der Waals surface area contributed by atoms with Crippen molar-refractivity contribution in [3.8, 4) is 6.07 Å². The lowest BCUT2D eigenvalue weighted by atomic mass is 10.3. The van der Waals surface area contributed by atoms with Gasteiger partial charge in [-0.2, -0.15) is 10.4 Å². The van der Waals surface area contributed by atoms with Gasteiger partial charge in [0.25, 0.3) is 0 Å². The van der Waals surface area contributed by atoms with E-state index >= 15 is 0 Å². The zero-order valence-electron chi connectivity index (χ0n) is 7.19. The Balaban J connectivity index is 2.84. The number of carbonyl (C=O) groups is 1. The molecular formula is C8H9N3O2. The number of nitriles is 1. The fourth-order valence-corrected chi connectivity index (χ4v) is 1.01. The molecule has 0 amide bonds. The number of carboxylic acids is 1. The van der Waals surface area contributed by atoms with Crippen molar-refractivity contribution in [3.05, 3.63) is 17.5 Å². The van der Waals surface area contributed by atoms with Gasteiger partial charge in [-0.1, -0.05) is 0 Å². The molecule has 0 saturated carbocycles. The summed E-state index contributed by atoms with van der Waals surface area (Å²) >= 11 is 0. The van der Waals surface area contributed by atoms with E-state index in [2.05, 4.69) is 5.10 Å². The van der Waals surface area contributed by atoms with E-state index in [-0.39, 0.29) is 5.56 Å². The molecule has 68 valence electrons. The summed E-state index contributed by atoms with van der Waals surface area (Å²) in [6.45, 7) is 2.07. The highest BCUT2D eigenvalue weighted by molar-refractivity contribution is 5.88. The van der Waals surface area contributed by atoms with Crippen LogP contribution in [0.5, 0.6) is 0 Å². The first-order chi connectivity index (χ1) is 6.15. The quantitative estimate of drug-likeness (QED) is 0.744. The summed E-state index contributed by atoms with van der Waals surface area (Å²) in [5.41, 5.74) is 0.670. The maximum absolute atomic E-state index is 10.6. The van der Waals surface area contributed by atoms with Crippen molar-refractivity contribution in [2.24, 2.45) is 0 Å². The first kappa shape index (κ1) is 9.26. The van der Waals surface area contributed by atoms with Gasteiger partial charge in [0, 0.05) is 6.20 Å². The van der Waals surface area contributed by atoms with E-state index in [0.29, 0.717) is 18.7 Å². The van der Waals surface area contributed by atoms with Gasteiger partial charge in [-0.3, -0.25) is 4.68 Å². The summed E-state index contributed by atoms with van der Waals surface area (Å²) in [5.74, 6) is -0.985. The standard InChI is InChI=1S/C8H9N3O2/c1-6-7(8(12)13)5-11(10-6)4-2-3-9/h5H,2,4H2,1H3,(H,12,13). The second-order valence-corrected chi connectivity index (χ2v) is 2.60. The van der Waals surface area contributed by atoms with Crippen molar-refractivity contribution < 1.29 is 9.90 Å². The number of nitrogens with zero attached hydrogens (tertiary/aromatic N) is 3. The average Bonchev–Trinajstić information content (AvgIpc) is 2.43. The maximum Gasteiger partial charge on any atom is 0.339 e. The SMILES string of the molecule is Cc1nn(CCC#N)cc1C(=O)O. The normalized spacial score (nSPS) is 9.54. The van der Waals surface area contributed by atoms with Gasteiger partial charge in [0.15, 0.2) is 0 Å². The van der Waals surface area contributed by atoms with Crippen LogP contribution in [0.3, 0.4) is 0 Å². The van der Waals surface area contributed by atoms with Crippen LogP contribution in [0.4, 0.5) is 0 Å². The van der Waals surface area contributed by atoms with E-state index in [0.717, 1.165) is 0 Å². The van der Waals surface area contributed by atoms with Gasteiger partial charge in [0.2, 0.25) is 0 Å². The molecule has 0 aliphatic carbocycles. The van der Waals surface area contributed by atoms with Gasteiger partial charge in [-0.25, -0.2) is 4.79 Å². The molecule has 1 rings (SSSR count). The van der Waals surface area contributed by atoms with Crippen molar-refractivity contribution in [1.29, 1.82) is 5.26 Å². The third-order valence-electron chi connectivity index (χ3n) is 1.63. The molecule has 0 bridgehead atoms. The zero-order chi connectivity index (χ0) is 9.84. The third kappa shape index (κ3) is 2.06. The number of aromatic nitrogens is 2. The summed E-state index contributed by atoms with van der Waals surface area (Å²) < 4.78 is 1.47. The van der Waals surface area contributed by atoms with Crippen LogP contribution in [0.1, 0.15) is 22.5 Å². The van der Waals surface area contributed by atoms with E-state index in [1.54, 1.807) is 6.92 Å². The minimum absolute atomic E-state index is 0.193. The van der Waals surface area contributed by atoms with E-state index in [1.807, 2.05) is 6.07 Å². The average molecular weight is 179 g/mol. The molecule has 0 aliphatic rings. The van der Waals surface area contributed by atoms with Crippen LogP contribution < -0.4 is 0 Å². The number of hydrogen-bond acceptors (Lipinski definition) is 3. The lowest BCUT2D eigenvalue weighted by Crippen LogP contribution is -1.97. The molecular weight excluding hydrogens is 170 g/mol. The Morgan fingerprint density at radius 2 is 2.54 bits per heavy atom. The monoisotopic (exact) mass is 179 g/mol. The van der Waals surface area contributed by atoms with E-state index < -0.39 is 5.97 Å². The van der Waals surface area contributed by atoms with Gasteiger partial charge in [0.05, 0.1) is 24.7 Å². The molecule has 0 fully saturated rings. The fraction of sp³-hybridized carbons (Fsp3) is 0.375. The molecule has 0 saturated heterocycles. The summed E-state index contributed by atoms with van der Waals surface area (Å²) in [6.07, 6.45) is 1.77. The second-order valence-electron chi connectivity index (χ2n) is 2.60. The molecule has 0 atom stereocenters. The molecule has 1 N–H and O–H groups in total. The predicted octanol–water partition coefficient (Wildman–Crippen LogP) is 0.803. The Hall–Kier alpha value is -1.83. The molecule has 0 radical (unpaired) electrons. The zero-order valence-corrected chi connectivity index (χ0v) is 7.19. The minimum Gasteiger partial charge on any atom is -0.478 e. The molecule has 1 heterocycles. The molecule has 0 aromatic carbocycles. The van der Waals surface area contributed by atoms with Crippen LogP contribution in [0.15, 0.2) is 6.20 Å². The lowest BCUT2D eigenvalue weighted by molar-refractivity contribution is 0.0696. The number of aryl methyl sites for hydroxylation is 2. The third-order valence-corrected chi connectivity index (χ3v) is 1.63. The van der Waals surface area contributed by atoms with Crippen LogP contribution in [0.2, 0.25) is 0 Å². The topological polar surface area (TPSA) is 78.9 Å². The minimum atomic E-state index is -0.985. The maximum atomic E-state index is 10.6. The molecule has 13 heavy (non-hydrogen) atoms. The van der Waals surface area contributed by atoms with E-state index in [4.69, 9.17) is 10.4 Å². The number of aromatic carboxylic acids is 1. The van der Waals surface area contributed by atoms with Gasteiger partial charge >= 0.3 is 5.97 Å². The molecule has 5 heteroatoms. The Bertz CT molecular complexity index is 362. The highest BCUT2D eigenvalue weighted by Crippen LogP contribution is 2.05. The van der Waals surface area contributed by atoms with Crippen LogP contribution in [-0.2, 0) is 6.54 Å². The largest absolute Gasteiger partial charge is 0.478 e. The summed E-state index contributed by atoms with van der Waals surface area (Å²) in [7, 11) is 0. The predicted molar refractivity (Wildman–Crippen MR) is 44.2 cm³/mol.